The molecule has 4 aromatic carbocycles. The zero-order valence-corrected chi connectivity index (χ0v) is 36.0. The first-order valence-corrected chi connectivity index (χ1v) is 21.7. The summed E-state index contributed by atoms with van der Waals surface area (Å²) in [7, 11) is -0.815. The maximum absolute atomic E-state index is 13.5. The zero-order chi connectivity index (χ0) is 44.9. The van der Waals surface area contributed by atoms with Crippen LogP contribution >= 0.6 is 0 Å². The summed E-state index contributed by atoms with van der Waals surface area (Å²) in [5, 5.41) is 47.2. The number of aliphatic hydroxyl groups excluding tert-OH is 4. The first-order chi connectivity index (χ1) is 29.4. The van der Waals surface area contributed by atoms with Crippen LogP contribution in [0.1, 0.15) is 60.8 Å². The van der Waals surface area contributed by atoms with Crippen molar-refractivity contribution >= 4 is 49.7 Å². The van der Waals surface area contributed by atoms with Crippen molar-refractivity contribution in [2.24, 2.45) is 0 Å². The predicted molar refractivity (Wildman–Crippen MR) is 234 cm³/mol. The fraction of sp³-hybridized carbons (Fsp3) is 0.356. The largest absolute Gasteiger partial charge is 0.496 e. The first kappa shape index (κ1) is 45.7. The fourth-order valence-corrected chi connectivity index (χ4v) is 7.80. The summed E-state index contributed by atoms with van der Waals surface area (Å²) in [5.41, 5.74) is 3.13. The standard InChI is InChI=1S/C45H52N4O12S/c1-45(2,3)26-21-33(43(59-5)34(22-26)49-62(6,56)57)48-44(55)47-32-13-15-36(30-10-8-7-9-29(30)32)60-28-17-18-46-27(23-28)19-25-11-12-31(38(20-25)58-4)35(51)14-16-37-40(52)42(54)41(53)39(24-50)61-37/h7-13,15,17-18,20-23,37,39-42,49-50,52-54H,14,16,19,24H2,1-6H3,(H2,47,48,55)/t37-,39+,40-,41+,42+/m0/s1. The van der Waals surface area contributed by atoms with E-state index in [1.54, 1.807) is 60.8 Å². The molecule has 0 aliphatic carbocycles. The number of nitrogens with zero attached hydrogens (tertiary/aromatic N) is 1. The van der Waals surface area contributed by atoms with E-state index in [-0.39, 0.29) is 41.2 Å². The number of rotatable bonds is 15. The Labute approximate surface area is 359 Å². The lowest BCUT2D eigenvalue weighted by atomic mass is 9.86. The van der Waals surface area contributed by atoms with Gasteiger partial charge in [0.25, 0.3) is 0 Å². The number of nitrogens with one attached hydrogen (secondary N) is 3. The molecule has 1 aliphatic heterocycles. The van der Waals surface area contributed by atoms with Crippen LogP contribution in [-0.4, -0.2) is 103 Å². The molecule has 7 N–H and O–H groups in total. The third kappa shape index (κ3) is 10.8. The Morgan fingerprint density at radius 1 is 0.806 bits per heavy atom. The van der Waals surface area contributed by atoms with Gasteiger partial charge >= 0.3 is 6.03 Å². The molecule has 16 nitrogen and oxygen atoms in total. The molecule has 5 aromatic rings. The van der Waals surface area contributed by atoms with Gasteiger partial charge in [0.1, 0.15) is 41.7 Å². The molecule has 1 saturated heterocycles. The minimum atomic E-state index is -3.66. The minimum Gasteiger partial charge on any atom is -0.496 e. The van der Waals surface area contributed by atoms with Crippen LogP contribution in [0.4, 0.5) is 21.9 Å². The number of fused-ring (bicyclic) bond motifs is 1. The molecule has 6 rings (SSSR count). The van der Waals surface area contributed by atoms with E-state index >= 15 is 0 Å². The maximum Gasteiger partial charge on any atom is 0.323 e. The molecule has 1 aromatic heterocycles. The summed E-state index contributed by atoms with van der Waals surface area (Å²) in [6, 6.07) is 22.4. The molecule has 2 amide bonds. The van der Waals surface area contributed by atoms with Crippen LogP contribution in [0.15, 0.2) is 85.1 Å². The summed E-state index contributed by atoms with van der Waals surface area (Å²) in [4.78, 5) is 31.3. The topological polar surface area (TPSA) is 235 Å². The van der Waals surface area contributed by atoms with Crippen LogP contribution in [0.25, 0.3) is 10.8 Å². The van der Waals surface area contributed by atoms with E-state index in [1.165, 1.54) is 14.2 Å². The number of amides is 2. The van der Waals surface area contributed by atoms with Gasteiger partial charge < -0.3 is 50.0 Å². The van der Waals surface area contributed by atoms with E-state index in [0.29, 0.717) is 51.4 Å². The molecule has 5 atom stereocenters. The van der Waals surface area contributed by atoms with Crippen LogP contribution in [0.3, 0.4) is 0 Å². The number of Topliss-reactive ketones (excluding diaryl/α,β-unsaturated/α-hetero) is 1. The number of benzene rings is 4. The van der Waals surface area contributed by atoms with Crippen molar-refractivity contribution in [3.8, 4) is 23.0 Å². The number of hydrogen-bond donors (Lipinski definition) is 7. The predicted octanol–water partition coefficient (Wildman–Crippen LogP) is 5.75. The number of ether oxygens (including phenoxy) is 4. The van der Waals surface area contributed by atoms with E-state index in [1.807, 2.05) is 45.0 Å². The molecule has 0 spiro atoms. The number of anilines is 3. The highest BCUT2D eigenvalue weighted by Crippen LogP contribution is 2.40. The van der Waals surface area contributed by atoms with Gasteiger partial charge in [0.2, 0.25) is 10.0 Å². The lowest BCUT2D eigenvalue weighted by Gasteiger charge is -2.40. The van der Waals surface area contributed by atoms with E-state index in [0.717, 1.165) is 17.4 Å². The first-order valence-electron chi connectivity index (χ1n) is 19.8. The molecule has 62 heavy (non-hydrogen) atoms. The fourth-order valence-electron chi connectivity index (χ4n) is 7.25. The number of hydrogen-bond acceptors (Lipinski definition) is 13. The van der Waals surface area contributed by atoms with E-state index in [4.69, 9.17) is 18.9 Å². The number of sulfonamides is 1. The average molecular weight is 873 g/mol. The Kier molecular flexibility index (Phi) is 14.1. The lowest BCUT2D eigenvalue weighted by Crippen LogP contribution is -2.58. The van der Waals surface area contributed by atoms with Crippen LogP contribution in [0.2, 0.25) is 0 Å². The molecule has 330 valence electrons. The van der Waals surface area contributed by atoms with Crippen LogP contribution in [0, 0.1) is 0 Å². The van der Waals surface area contributed by atoms with Gasteiger partial charge in [0, 0.05) is 41.6 Å². The molecule has 1 aliphatic rings. The summed E-state index contributed by atoms with van der Waals surface area (Å²) in [5.74, 6) is 1.24. The van der Waals surface area contributed by atoms with E-state index < -0.39 is 53.2 Å². The highest BCUT2D eigenvalue weighted by molar-refractivity contribution is 7.92. The number of ketones is 1. The zero-order valence-electron chi connectivity index (χ0n) is 35.2. The van der Waals surface area contributed by atoms with Gasteiger partial charge in [-0.05, 0) is 65.4 Å². The molecule has 2 heterocycles. The lowest BCUT2D eigenvalue weighted by molar-refractivity contribution is -0.230. The van der Waals surface area contributed by atoms with Gasteiger partial charge in [-0.3, -0.25) is 14.5 Å². The normalized spacial score (nSPS) is 19.1. The molecule has 0 unspecified atom stereocenters. The monoisotopic (exact) mass is 872 g/mol. The van der Waals surface area contributed by atoms with Gasteiger partial charge in [-0.2, -0.15) is 0 Å². The summed E-state index contributed by atoms with van der Waals surface area (Å²) < 4.78 is 49.9. The highest BCUT2D eigenvalue weighted by Gasteiger charge is 2.43. The second-order valence-corrected chi connectivity index (χ2v) is 17.8. The van der Waals surface area contributed by atoms with Crippen molar-refractivity contribution in [1.82, 2.24) is 4.98 Å². The molecule has 0 radical (unpaired) electrons. The van der Waals surface area contributed by atoms with Crippen molar-refractivity contribution in [3.63, 3.8) is 0 Å². The molecule has 1 fully saturated rings. The smallest absolute Gasteiger partial charge is 0.323 e. The third-order valence-electron chi connectivity index (χ3n) is 10.4. The number of aromatic nitrogens is 1. The summed E-state index contributed by atoms with van der Waals surface area (Å²) in [6.45, 7) is 5.35. The number of carbonyl (C=O) groups is 2. The summed E-state index contributed by atoms with van der Waals surface area (Å²) in [6.07, 6.45) is -3.40. The Morgan fingerprint density at radius 2 is 1.50 bits per heavy atom. The van der Waals surface area contributed by atoms with Crippen molar-refractivity contribution in [3.05, 3.63) is 107 Å². The Bertz CT molecular complexity index is 2540. The van der Waals surface area contributed by atoms with Gasteiger partial charge in [-0.25, -0.2) is 13.2 Å². The molecule has 0 saturated carbocycles. The molecule has 17 heteroatoms. The Hall–Kier alpha value is -5.82. The Balaban J connectivity index is 1.15. The van der Waals surface area contributed by atoms with Gasteiger partial charge in [0.15, 0.2) is 11.5 Å². The second kappa shape index (κ2) is 19.1. The SMILES string of the molecule is COc1cc(Cc2cc(Oc3ccc(NC(=O)Nc4cc(C(C)(C)C)cc(NS(C)(=O)=O)c4OC)c4ccccc34)ccn2)ccc1C(=O)CC[C@@H]1O[C@H](CO)[C@@H](O)[C@H](O)[C@H]1O. The molecular formula is C45H52N4O12S. The molecular weight excluding hydrogens is 821 g/mol. The van der Waals surface area contributed by atoms with Crippen molar-refractivity contribution < 1.29 is 57.4 Å². The third-order valence-corrected chi connectivity index (χ3v) is 11.0. The van der Waals surface area contributed by atoms with Crippen LogP contribution < -0.4 is 29.6 Å². The van der Waals surface area contributed by atoms with Gasteiger partial charge in [-0.15, -0.1) is 0 Å². The van der Waals surface area contributed by atoms with E-state index in [9.17, 15) is 38.4 Å². The van der Waals surface area contributed by atoms with Gasteiger partial charge in [-0.1, -0.05) is 51.1 Å². The van der Waals surface area contributed by atoms with Crippen molar-refractivity contribution in [2.45, 2.75) is 76.0 Å². The van der Waals surface area contributed by atoms with Crippen LogP contribution in [-0.2, 0) is 26.6 Å². The number of urea groups is 1. The van der Waals surface area contributed by atoms with Gasteiger partial charge in [0.05, 0.1) is 55.8 Å². The van der Waals surface area contributed by atoms with E-state index in [2.05, 4.69) is 20.3 Å². The number of carbonyl (C=O) groups excluding carboxylic acids is 2. The quantitative estimate of drug-likeness (QED) is 0.0622. The Morgan fingerprint density at radius 3 is 2.18 bits per heavy atom. The van der Waals surface area contributed by atoms with Crippen LogP contribution in [0.5, 0.6) is 23.0 Å². The number of aliphatic hydroxyl groups is 4. The number of pyridine rings is 1. The highest BCUT2D eigenvalue weighted by atomic mass is 32.2. The molecule has 0 bridgehead atoms. The average Bonchev–Trinajstić information content (AvgIpc) is 3.22. The minimum absolute atomic E-state index is 0.0451. The van der Waals surface area contributed by atoms with Crippen molar-refractivity contribution in [2.75, 3.05) is 42.4 Å². The number of methoxy groups -OCH3 is 2. The maximum atomic E-state index is 13.5. The van der Waals surface area contributed by atoms with Crippen molar-refractivity contribution in [1.29, 1.82) is 0 Å². The summed E-state index contributed by atoms with van der Waals surface area (Å²) >= 11 is 0. The second-order valence-electron chi connectivity index (χ2n) is 16.1.